The fourth-order valence-corrected chi connectivity index (χ4v) is 0. The van der Waals surface area contributed by atoms with Gasteiger partial charge in [0.2, 0.25) is 0 Å². The maximum Gasteiger partial charge on any atom is 0.131 e. The summed E-state index contributed by atoms with van der Waals surface area (Å²) >= 11 is 8.66. The molecule has 2 nitrogen and oxygen atoms in total. The van der Waals surface area contributed by atoms with Crippen molar-refractivity contribution in [1.82, 2.24) is 0 Å². The van der Waals surface area contributed by atoms with Crippen molar-refractivity contribution in [2.45, 2.75) is 0 Å². The van der Waals surface area contributed by atoms with Crippen LogP contribution in [0.25, 0.3) is 0 Å². The Bertz CT molecular complexity index is 79.7. The Kier molecular flexibility index (Phi) is 6.77. The molecule has 5 heteroatoms. The van der Waals surface area contributed by atoms with Gasteiger partial charge in [-0.3, -0.25) is 0 Å². The van der Waals surface area contributed by atoms with E-state index in [1.54, 1.807) is 0 Å². The van der Waals surface area contributed by atoms with Gasteiger partial charge in [-0.05, 0) is 0 Å². The molecule has 0 spiro atoms. The first kappa shape index (κ1) is 10.4. The van der Waals surface area contributed by atoms with E-state index in [1.165, 1.54) is 0 Å². The Morgan fingerprint density at radius 2 is 1.14 bits per heavy atom. The van der Waals surface area contributed by atoms with Crippen molar-refractivity contribution in [1.29, 1.82) is 0 Å². The van der Waals surface area contributed by atoms with Crippen LogP contribution in [0.4, 0.5) is 0 Å². The third-order valence-electron chi connectivity index (χ3n) is 0.243. The van der Waals surface area contributed by atoms with Gasteiger partial charge < -0.3 is 11.5 Å². The molecule has 0 bridgehead atoms. The van der Waals surface area contributed by atoms with Crippen LogP contribution in [-0.2, 0) is 19.5 Å². The molecule has 0 aliphatic rings. The zero-order valence-corrected chi connectivity index (χ0v) is 8.28. The van der Waals surface area contributed by atoms with E-state index in [0.29, 0.717) is 0 Å². The van der Waals surface area contributed by atoms with E-state index in [2.05, 4.69) is 24.4 Å². The summed E-state index contributed by atoms with van der Waals surface area (Å²) < 4.78 is 0. The molecule has 0 radical (unpaired) electrons. The van der Waals surface area contributed by atoms with Crippen LogP contribution in [0.2, 0.25) is 0 Å². The second kappa shape index (κ2) is 4.56. The molecule has 4 N–H and O–H groups in total. The summed E-state index contributed by atoms with van der Waals surface area (Å²) in [6, 6.07) is 0. The Hall–Kier alpha value is 0.403. The molecule has 0 aromatic heterocycles. The van der Waals surface area contributed by atoms with E-state index >= 15 is 0 Å². The van der Waals surface area contributed by atoms with E-state index < -0.39 is 0 Å². The second-order valence-electron chi connectivity index (χ2n) is 0.729. The van der Waals surface area contributed by atoms with Crippen molar-refractivity contribution in [3.05, 3.63) is 0 Å². The largest absolute Gasteiger partial charge is 0.388 e. The molecule has 0 aromatic carbocycles. The van der Waals surface area contributed by atoms with Crippen LogP contribution in [-0.4, -0.2) is 9.98 Å². The van der Waals surface area contributed by atoms with Crippen molar-refractivity contribution >= 4 is 34.4 Å². The normalized spacial score (nSPS) is 6.29. The van der Waals surface area contributed by atoms with Crippen molar-refractivity contribution in [2.24, 2.45) is 11.5 Å². The van der Waals surface area contributed by atoms with Crippen molar-refractivity contribution < 1.29 is 19.5 Å². The molecule has 0 heterocycles. The van der Waals surface area contributed by atoms with Crippen LogP contribution in [0.15, 0.2) is 0 Å². The minimum absolute atomic E-state index is 0. The average molecular weight is 186 g/mol. The third-order valence-corrected chi connectivity index (χ3v) is 0.812. The zero-order chi connectivity index (χ0) is 5.15. The molecule has 0 rings (SSSR count). The Balaban J connectivity index is 0. The van der Waals surface area contributed by atoms with Gasteiger partial charge in [-0.2, -0.15) is 0 Å². The molecule has 36 valence electrons. The smallest absolute Gasteiger partial charge is 0.131 e. The molecular formula is C2H4N2S2Zn. The van der Waals surface area contributed by atoms with E-state index in [0.717, 1.165) is 0 Å². The fraction of sp³-hybridized carbons (Fsp3) is 0. The van der Waals surface area contributed by atoms with Crippen LogP contribution in [0.1, 0.15) is 0 Å². The summed E-state index contributed by atoms with van der Waals surface area (Å²) in [7, 11) is 0. The first-order valence-corrected chi connectivity index (χ1v) is 2.05. The van der Waals surface area contributed by atoms with Gasteiger partial charge in [0.25, 0.3) is 0 Å². The molecule has 7 heavy (non-hydrogen) atoms. The van der Waals surface area contributed by atoms with Gasteiger partial charge in [0.1, 0.15) is 9.98 Å². The first-order valence-electron chi connectivity index (χ1n) is 1.24. The summed E-state index contributed by atoms with van der Waals surface area (Å²) in [6.45, 7) is 0. The third kappa shape index (κ3) is 6.40. The molecule has 0 aromatic rings. The molecule has 0 atom stereocenters. The Morgan fingerprint density at radius 1 is 1.00 bits per heavy atom. The van der Waals surface area contributed by atoms with Gasteiger partial charge in [0, 0.05) is 19.5 Å². The minimum atomic E-state index is 0. The fourth-order valence-electron chi connectivity index (χ4n) is 0. The number of thiocarbonyl (C=S) groups is 2. The summed E-state index contributed by atoms with van der Waals surface area (Å²) in [4.78, 5) is 0.204. The maximum absolute atomic E-state index is 4.90. The predicted molar refractivity (Wildman–Crippen MR) is 33.6 cm³/mol. The van der Waals surface area contributed by atoms with E-state index in [1.807, 2.05) is 0 Å². The standard InChI is InChI=1S/C2H4N2S2.Zn/c3-1(5)2(4)6;/h(H2,3,5)(H2,4,6);. The zero-order valence-electron chi connectivity index (χ0n) is 3.68. The van der Waals surface area contributed by atoms with Crippen LogP contribution in [0.3, 0.4) is 0 Å². The summed E-state index contributed by atoms with van der Waals surface area (Å²) in [5, 5.41) is 0. The van der Waals surface area contributed by atoms with E-state index in [9.17, 15) is 0 Å². The van der Waals surface area contributed by atoms with Crippen LogP contribution in [0, 0.1) is 0 Å². The van der Waals surface area contributed by atoms with Crippen molar-refractivity contribution in [3.63, 3.8) is 0 Å². The topological polar surface area (TPSA) is 52.0 Å². The van der Waals surface area contributed by atoms with Crippen molar-refractivity contribution in [2.75, 3.05) is 0 Å². The van der Waals surface area contributed by atoms with Crippen LogP contribution in [0.5, 0.6) is 0 Å². The molecule has 0 amide bonds. The van der Waals surface area contributed by atoms with Gasteiger partial charge in [-0.15, -0.1) is 0 Å². The predicted octanol–water partition coefficient (Wildman–Crippen LogP) is -0.444. The number of rotatable bonds is 0. The van der Waals surface area contributed by atoms with Crippen LogP contribution < -0.4 is 11.5 Å². The van der Waals surface area contributed by atoms with Gasteiger partial charge >= 0.3 is 0 Å². The first-order chi connectivity index (χ1) is 2.64. The number of nitrogens with two attached hydrogens (primary N) is 2. The number of hydrogen-bond donors (Lipinski definition) is 2. The molecular weight excluding hydrogens is 182 g/mol. The average Bonchev–Trinajstić information content (AvgIpc) is 1.36. The van der Waals surface area contributed by atoms with Crippen molar-refractivity contribution in [3.8, 4) is 0 Å². The van der Waals surface area contributed by atoms with Crippen LogP contribution >= 0.6 is 24.4 Å². The summed E-state index contributed by atoms with van der Waals surface area (Å²) in [5.41, 5.74) is 9.80. The minimum Gasteiger partial charge on any atom is -0.388 e. The maximum atomic E-state index is 4.90. The SMILES string of the molecule is NC(=S)C(N)=S.[Zn]. The van der Waals surface area contributed by atoms with E-state index in [-0.39, 0.29) is 29.5 Å². The van der Waals surface area contributed by atoms with Gasteiger partial charge in [0.05, 0.1) is 0 Å². The molecule has 0 saturated carbocycles. The Morgan fingerprint density at radius 3 is 1.14 bits per heavy atom. The monoisotopic (exact) mass is 184 g/mol. The van der Waals surface area contributed by atoms with Gasteiger partial charge in [0.15, 0.2) is 0 Å². The summed E-state index contributed by atoms with van der Waals surface area (Å²) in [5.74, 6) is 0. The molecule has 0 aliphatic carbocycles. The quantitative estimate of drug-likeness (QED) is 0.397. The molecule has 0 fully saturated rings. The molecule has 0 unspecified atom stereocenters. The van der Waals surface area contributed by atoms with E-state index in [4.69, 9.17) is 11.5 Å². The van der Waals surface area contributed by atoms with Gasteiger partial charge in [-0.1, -0.05) is 24.4 Å². The van der Waals surface area contributed by atoms with Gasteiger partial charge in [-0.25, -0.2) is 0 Å². The Labute approximate surface area is 65.4 Å². The summed E-state index contributed by atoms with van der Waals surface area (Å²) in [6.07, 6.45) is 0. The number of hydrogen-bond acceptors (Lipinski definition) is 2. The second-order valence-corrected chi connectivity index (χ2v) is 1.61. The molecule has 0 aliphatic heterocycles. The molecule has 0 saturated heterocycles.